The van der Waals surface area contributed by atoms with Crippen molar-refractivity contribution < 1.29 is 19.5 Å². The lowest BCUT2D eigenvalue weighted by Gasteiger charge is -2.35. The number of carbonyl (C=O) groups is 3. The number of aliphatic hydroxyl groups excluding tert-OH is 1. The number of fused-ring (bicyclic) bond motifs is 2. The Balaban J connectivity index is 0.756. The second-order valence-corrected chi connectivity index (χ2v) is 17.1. The number of aryl methyl sites for hydroxylation is 3. The summed E-state index contributed by atoms with van der Waals surface area (Å²) in [4.78, 5) is 53.2. The van der Waals surface area contributed by atoms with Crippen LogP contribution in [0.15, 0.2) is 78.9 Å². The molecule has 0 saturated carbocycles. The van der Waals surface area contributed by atoms with Gasteiger partial charge < -0.3 is 20.2 Å². The number of piperazine rings is 2. The quantitative estimate of drug-likeness (QED) is 0.122. The number of β-amino-alcohol motifs (C(OH)–C–C–N with tert-alkyl or cyclic N) is 1. The van der Waals surface area contributed by atoms with Crippen molar-refractivity contribution in [3.8, 4) is 22.4 Å². The SMILES string of the molecule is Cc1nn2c(N3CCN(CCO)CC3)cc(-c3ccccc3)nc2c1-c1cccc(CCCCCN2CCN(C(=O)CNc3ccc4c(N5CCC(=O)NC5=O)nn(C)c4c3)CC2)c1. The van der Waals surface area contributed by atoms with E-state index in [4.69, 9.17) is 10.1 Å². The highest BCUT2D eigenvalue weighted by Gasteiger charge is 2.29. The van der Waals surface area contributed by atoms with Gasteiger partial charge in [-0.15, -0.1) is 0 Å². The molecule has 4 amide bonds. The number of hydrogen-bond acceptors (Lipinski definition) is 11. The first kappa shape index (κ1) is 42.9. The molecule has 3 N–H and O–H groups in total. The van der Waals surface area contributed by atoms with Gasteiger partial charge in [-0.3, -0.25) is 34.3 Å². The van der Waals surface area contributed by atoms with Crippen molar-refractivity contribution in [2.24, 2.45) is 7.05 Å². The van der Waals surface area contributed by atoms with Crippen molar-refractivity contribution in [1.82, 2.24) is 44.4 Å². The monoisotopic (exact) mass is 866 g/mol. The van der Waals surface area contributed by atoms with Crippen molar-refractivity contribution in [2.45, 2.75) is 39.0 Å². The van der Waals surface area contributed by atoms with Crippen molar-refractivity contribution in [1.29, 1.82) is 0 Å². The summed E-state index contributed by atoms with van der Waals surface area (Å²) in [5.41, 5.74) is 8.97. The molecule has 3 saturated heterocycles. The molecule has 3 fully saturated rings. The lowest BCUT2D eigenvalue weighted by molar-refractivity contribution is -0.131. The zero-order valence-electron chi connectivity index (χ0n) is 36.9. The van der Waals surface area contributed by atoms with Gasteiger partial charge in [0.1, 0.15) is 5.82 Å². The largest absolute Gasteiger partial charge is 0.395 e. The summed E-state index contributed by atoms with van der Waals surface area (Å²) in [6.07, 6.45) is 4.58. The fraction of sp³-hybridized carbons (Fsp3) is 0.417. The highest BCUT2D eigenvalue weighted by molar-refractivity contribution is 6.09. The molecule has 3 aromatic carbocycles. The number of amides is 4. The maximum absolute atomic E-state index is 13.2. The summed E-state index contributed by atoms with van der Waals surface area (Å²) in [7, 11) is 1.82. The predicted molar refractivity (Wildman–Crippen MR) is 250 cm³/mol. The summed E-state index contributed by atoms with van der Waals surface area (Å²) in [6.45, 7) is 11.1. The number of imide groups is 1. The van der Waals surface area contributed by atoms with Gasteiger partial charge in [0.05, 0.1) is 30.1 Å². The molecule has 16 nitrogen and oxygen atoms in total. The van der Waals surface area contributed by atoms with Crippen molar-refractivity contribution >= 4 is 51.7 Å². The maximum atomic E-state index is 13.2. The number of hydrogen-bond donors (Lipinski definition) is 3. The predicted octanol–water partition coefficient (Wildman–Crippen LogP) is 4.79. The van der Waals surface area contributed by atoms with E-state index in [9.17, 15) is 19.5 Å². The fourth-order valence-electron chi connectivity index (χ4n) is 9.32. The molecule has 16 heteroatoms. The molecule has 3 aliphatic heterocycles. The van der Waals surface area contributed by atoms with E-state index in [0.29, 0.717) is 25.5 Å². The number of aliphatic hydroxyl groups is 1. The van der Waals surface area contributed by atoms with Crippen LogP contribution in [0.2, 0.25) is 0 Å². The summed E-state index contributed by atoms with van der Waals surface area (Å²) >= 11 is 0. The highest BCUT2D eigenvalue weighted by atomic mass is 16.3. The normalized spacial score (nSPS) is 16.6. The van der Waals surface area contributed by atoms with Gasteiger partial charge in [-0.05, 0) is 62.1 Å². The second kappa shape index (κ2) is 19.2. The van der Waals surface area contributed by atoms with Crippen LogP contribution in [0.3, 0.4) is 0 Å². The van der Waals surface area contributed by atoms with Crippen LogP contribution in [0, 0.1) is 6.92 Å². The average Bonchev–Trinajstić information content (AvgIpc) is 3.83. The van der Waals surface area contributed by atoms with Crippen LogP contribution in [-0.4, -0.2) is 147 Å². The van der Waals surface area contributed by atoms with E-state index in [1.165, 1.54) is 10.5 Å². The first-order valence-corrected chi connectivity index (χ1v) is 22.7. The topological polar surface area (TPSA) is 160 Å². The number of nitrogens with zero attached hydrogens (tertiary/aromatic N) is 10. The number of carbonyl (C=O) groups excluding carboxylic acids is 3. The Morgan fingerprint density at radius 3 is 2.34 bits per heavy atom. The lowest BCUT2D eigenvalue weighted by atomic mass is 10.00. The molecule has 0 unspecified atom stereocenters. The molecule has 0 atom stereocenters. The molecule has 0 radical (unpaired) electrons. The molecule has 9 rings (SSSR count). The van der Waals surface area contributed by atoms with Gasteiger partial charge in [0.2, 0.25) is 11.8 Å². The average molecular weight is 867 g/mol. The van der Waals surface area contributed by atoms with Gasteiger partial charge >= 0.3 is 6.03 Å². The third kappa shape index (κ3) is 9.30. The molecule has 0 spiro atoms. The number of rotatable bonds is 15. The highest BCUT2D eigenvalue weighted by Crippen LogP contribution is 2.34. The molecular formula is C48H58N12O4. The van der Waals surface area contributed by atoms with Crippen LogP contribution in [-0.2, 0) is 23.1 Å². The molecule has 6 heterocycles. The van der Waals surface area contributed by atoms with Gasteiger partial charge in [-0.2, -0.15) is 14.7 Å². The fourth-order valence-corrected chi connectivity index (χ4v) is 9.32. The summed E-state index contributed by atoms with van der Waals surface area (Å²) in [6, 6.07) is 26.7. The Labute approximate surface area is 373 Å². The maximum Gasteiger partial charge on any atom is 0.329 e. The molecule has 334 valence electrons. The number of aromatic nitrogens is 5. The minimum absolute atomic E-state index is 0.0721. The lowest BCUT2D eigenvalue weighted by Crippen LogP contribution is -2.50. The summed E-state index contributed by atoms with van der Waals surface area (Å²) in [5.74, 6) is 1.34. The third-order valence-corrected chi connectivity index (χ3v) is 12.9. The Kier molecular flexibility index (Phi) is 12.9. The number of nitrogens with one attached hydrogen (secondary N) is 2. The standard InChI is InChI=1S/C48H58N12O4/c1-34-45(47-50-40(36-12-6-3-7-13-36)32-43(60(47)52-34)57-24-20-56(21-25-57)28-29-61)37-14-9-11-35(30-37)10-5-4-8-18-55-22-26-58(27-23-55)44(63)33-49-38-15-16-39-41(31-38)54(2)53-46(39)59-19-17-42(62)51-48(59)64/h3,6-7,9,11-16,30-32,49,61H,4-5,8,10,17-29,33H2,1-2H3,(H,51,62,64). The van der Waals surface area contributed by atoms with Gasteiger partial charge in [-0.25, -0.2) is 9.78 Å². The van der Waals surface area contributed by atoms with Crippen molar-refractivity contribution in [2.75, 3.05) is 100 Å². The minimum Gasteiger partial charge on any atom is -0.395 e. The summed E-state index contributed by atoms with van der Waals surface area (Å²) in [5, 5.41) is 25.6. The second-order valence-electron chi connectivity index (χ2n) is 17.1. The molecule has 3 aromatic heterocycles. The van der Waals surface area contributed by atoms with E-state index in [2.05, 4.69) is 92.0 Å². The third-order valence-electron chi connectivity index (χ3n) is 12.9. The number of benzene rings is 3. The first-order chi connectivity index (χ1) is 31.2. The number of unbranched alkanes of at least 4 members (excludes halogenated alkanes) is 2. The Bertz CT molecular complexity index is 2630. The van der Waals surface area contributed by atoms with Crippen LogP contribution in [0.25, 0.3) is 38.9 Å². The molecule has 64 heavy (non-hydrogen) atoms. The molecule has 0 aliphatic carbocycles. The van der Waals surface area contributed by atoms with E-state index >= 15 is 0 Å². The van der Waals surface area contributed by atoms with E-state index in [1.54, 1.807) is 4.68 Å². The van der Waals surface area contributed by atoms with E-state index < -0.39 is 6.03 Å². The van der Waals surface area contributed by atoms with Crippen LogP contribution in [0.4, 0.5) is 22.1 Å². The van der Waals surface area contributed by atoms with Crippen molar-refractivity contribution in [3.05, 3.63) is 90.1 Å². The molecule has 3 aliphatic rings. The zero-order valence-corrected chi connectivity index (χ0v) is 36.9. The van der Waals surface area contributed by atoms with E-state index in [1.807, 2.05) is 40.7 Å². The van der Waals surface area contributed by atoms with Crippen LogP contribution < -0.4 is 20.4 Å². The Hall–Kier alpha value is -6.36. The van der Waals surface area contributed by atoms with E-state index in [0.717, 1.165) is 128 Å². The number of anilines is 3. The van der Waals surface area contributed by atoms with Gasteiger partial charge in [0, 0.05) is 107 Å². The van der Waals surface area contributed by atoms with Crippen LogP contribution in [0.1, 0.15) is 36.9 Å². The minimum atomic E-state index is -0.467. The summed E-state index contributed by atoms with van der Waals surface area (Å²) < 4.78 is 3.74. The van der Waals surface area contributed by atoms with Gasteiger partial charge in [0.15, 0.2) is 11.5 Å². The molecule has 0 bridgehead atoms. The first-order valence-electron chi connectivity index (χ1n) is 22.7. The Morgan fingerprint density at radius 2 is 1.56 bits per heavy atom. The van der Waals surface area contributed by atoms with E-state index in [-0.39, 0.29) is 37.9 Å². The van der Waals surface area contributed by atoms with Crippen LogP contribution in [0.5, 0.6) is 0 Å². The molecule has 6 aromatic rings. The smallest absolute Gasteiger partial charge is 0.329 e. The van der Waals surface area contributed by atoms with Crippen molar-refractivity contribution in [3.63, 3.8) is 0 Å². The number of urea groups is 1. The van der Waals surface area contributed by atoms with Gasteiger partial charge in [-0.1, -0.05) is 61.0 Å². The van der Waals surface area contributed by atoms with Crippen LogP contribution >= 0.6 is 0 Å². The Morgan fingerprint density at radius 1 is 0.797 bits per heavy atom. The zero-order chi connectivity index (χ0) is 44.2. The van der Waals surface area contributed by atoms with Gasteiger partial charge in [0.25, 0.3) is 0 Å². The molecular weight excluding hydrogens is 809 g/mol.